The standard InChI is InChI=1S/C15H18O4/c1-3-7-18-13(16)12-9-11-5-6-15(12,10-11)14(17)19-8-4-2/h3-4,9,11H,1-2,5-8,10H2. The molecule has 2 aliphatic rings. The first-order chi connectivity index (χ1) is 9.14. The summed E-state index contributed by atoms with van der Waals surface area (Å²) >= 11 is 0. The van der Waals surface area contributed by atoms with Gasteiger partial charge in [0.1, 0.15) is 18.6 Å². The van der Waals surface area contributed by atoms with E-state index in [2.05, 4.69) is 13.2 Å². The molecule has 2 rings (SSSR count). The van der Waals surface area contributed by atoms with Crippen molar-refractivity contribution in [2.24, 2.45) is 11.3 Å². The van der Waals surface area contributed by atoms with Gasteiger partial charge in [0, 0.05) is 0 Å². The fourth-order valence-electron chi connectivity index (χ4n) is 2.91. The van der Waals surface area contributed by atoms with E-state index in [4.69, 9.17) is 9.47 Å². The minimum atomic E-state index is -0.800. The van der Waals surface area contributed by atoms with Gasteiger partial charge in [0.05, 0.1) is 5.57 Å². The molecule has 0 aliphatic heterocycles. The summed E-state index contributed by atoms with van der Waals surface area (Å²) in [4.78, 5) is 24.2. The highest BCUT2D eigenvalue weighted by Crippen LogP contribution is 2.54. The number of allylic oxidation sites excluding steroid dienone is 1. The molecule has 1 fully saturated rings. The first-order valence-corrected chi connectivity index (χ1v) is 6.42. The van der Waals surface area contributed by atoms with Gasteiger partial charge in [-0.3, -0.25) is 4.79 Å². The number of rotatable bonds is 6. The molecule has 0 aromatic heterocycles. The summed E-state index contributed by atoms with van der Waals surface area (Å²) in [5, 5.41) is 0. The average Bonchev–Trinajstić information content (AvgIpc) is 3.01. The lowest BCUT2D eigenvalue weighted by Crippen LogP contribution is -2.35. The van der Waals surface area contributed by atoms with Crippen molar-refractivity contribution in [1.82, 2.24) is 0 Å². The summed E-state index contributed by atoms with van der Waals surface area (Å²) in [6.45, 7) is 7.34. The molecule has 0 amide bonds. The van der Waals surface area contributed by atoms with Gasteiger partial charge in [-0.15, -0.1) is 0 Å². The predicted molar refractivity (Wildman–Crippen MR) is 70.2 cm³/mol. The van der Waals surface area contributed by atoms with Crippen LogP contribution in [0.3, 0.4) is 0 Å². The number of carbonyl (C=O) groups excluding carboxylic acids is 2. The van der Waals surface area contributed by atoms with E-state index < -0.39 is 11.4 Å². The third kappa shape index (κ3) is 2.35. The van der Waals surface area contributed by atoms with Crippen molar-refractivity contribution in [1.29, 1.82) is 0 Å². The maximum atomic E-state index is 12.2. The van der Waals surface area contributed by atoms with Crippen LogP contribution in [0.25, 0.3) is 0 Å². The Morgan fingerprint density at radius 3 is 2.63 bits per heavy atom. The summed E-state index contributed by atoms with van der Waals surface area (Å²) in [5.74, 6) is -0.491. The topological polar surface area (TPSA) is 52.6 Å². The predicted octanol–water partition coefficient (Wildman–Crippen LogP) is 2.17. The molecule has 0 N–H and O–H groups in total. The number of fused-ring (bicyclic) bond motifs is 2. The third-order valence-electron chi connectivity index (χ3n) is 3.75. The van der Waals surface area contributed by atoms with Gasteiger partial charge in [0.25, 0.3) is 0 Å². The molecule has 4 heteroatoms. The number of carbonyl (C=O) groups is 2. The first-order valence-electron chi connectivity index (χ1n) is 6.42. The van der Waals surface area contributed by atoms with E-state index in [1.54, 1.807) is 0 Å². The van der Waals surface area contributed by atoms with Crippen molar-refractivity contribution in [2.45, 2.75) is 19.3 Å². The Morgan fingerprint density at radius 2 is 2.00 bits per heavy atom. The number of hydrogen-bond donors (Lipinski definition) is 0. The molecule has 1 saturated carbocycles. The highest BCUT2D eigenvalue weighted by molar-refractivity contribution is 5.99. The Balaban J connectivity index is 2.16. The summed E-state index contributed by atoms with van der Waals surface area (Å²) in [7, 11) is 0. The van der Waals surface area contributed by atoms with E-state index in [9.17, 15) is 9.59 Å². The molecule has 19 heavy (non-hydrogen) atoms. The van der Waals surface area contributed by atoms with Gasteiger partial charge < -0.3 is 9.47 Å². The van der Waals surface area contributed by atoms with Crippen LogP contribution in [0.4, 0.5) is 0 Å². The van der Waals surface area contributed by atoms with E-state index in [0.717, 1.165) is 6.42 Å². The second-order valence-corrected chi connectivity index (χ2v) is 4.94. The normalized spacial score (nSPS) is 27.6. The van der Waals surface area contributed by atoms with E-state index in [1.165, 1.54) is 12.2 Å². The second-order valence-electron chi connectivity index (χ2n) is 4.94. The molecule has 0 saturated heterocycles. The van der Waals surface area contributed by atoms with Crippen molar-refractivity contribution in [3.63, 3.8) is 0 Å². The minimum absolute atomic E-state index is 0.151. The molecular weight excluding hydrogens is 244 g/mol. The number of hydrogen-bond acceptors (Lipinski definition) is 4. The monoisotopic (exact) mass is 262 g/mol. The molecule has 0 radical (unpaired) electrons. The Bertz CT molecular complexity index is 449. The molecule has 0 heterocycles. The Hall–Kier alpha value is -1.84. The van der Waals surface area contributed by atoms with Crippen LogP contribution in [0.2, 0.25) is 0 Å². The molecule has 2 unspecified atom stereocenters. The Morgan fingerprint density at radius 1 is 1.32 bits per heavy atom. The van der Waals surface area contributed by atoms with Crippen molar-refractivity contribution in [3.05, 3.63) is 37.0 Å². The van der Waals surface area contributed by atoms with Gasteiger partial charge in [0.15, 0.2) is 0 Å². The summed E-state index contributed by atoms with van der Waals surface area (Å²) in [5.41, 5.74) is -0.342. The highest BCUT2D eigenvalue weighted by Gasteiger charge is 2.55. The van der Waals surface area contributed by atoms with Gasteiger partial charge in [-0.1, -0.05) is 31.4 Å². The van der Waals surface area contributed by atoms with Crippen LogP contribution < -0.4 is 0 Å². The quantitative estimate of drug-likeness (QED) is 0.544. The van der Waals surface area contributed by atoms with Crippen molar-refractivity contribution in [2.75, 3.05) is 13.2 Å². The van der Waals surface area contributed by atoms with Crippen LogP contribution in [0, 0.1) is 11.3 Å². The smallest absolute Gasteiger partial charge is 0.335 e. The van der Waals surface area contributed by atoms with E-state index in [-0.39, 0.29) is 25.1 Å². The first kappa shape index (κ1) is 13.6. The molecule has 2 atom stereocenters. The van der Waals surface area contributed by atoms with Gasteiger partial charge >= 0.3 is 11.9 Å². The Kier molecular flexibility index (Phi) is 3.88. The minimum Gasteiger partial charge on any atom is -0.461 e. The maximum Gasteiger partial charge on any atom is 0.335 e. The summed E-state index contributed by atoms with van der Waals surface area (Å²) in [6, 6.07) is 0. The molecule has 0 aromatic rings. The fraction of sp³-hybridized carbons (Fsp3) is 0.467. The lowest BCUT2D eigenvalue weighted by molar-refractivity contribution is -0.155. The van der Waals surface area contributed by atoms with Gasteiger partial charge in [-0.2, -0.15) is 0 Å². The van der Waals surface area contributed by atoms with E-state index in [1.807, 2.05) is 6.08 Å². The molecule has 4 nitrogen and oxygen atoms in total. The highest BCUT2D eigenvalue weighted by atomic mass is 16.5. The van der Waals surface area contributed by atoms with Gasteiger partial charge in [-0.05, 0) is 25.2 Å². The number of ether oxygens (including phenoxy) is 2. The Labute approximate surface area is 112 Å². The zero-order valence-corrected chi connectivity index (χ0v) is 10.9. The van der Waals surface area contributed by atoms with Crippen molar-refractivity contribution >= 4 is 11.9 Å². The third-order valence-corrected chi connectivity index (χ3v) is 3.75. The van der Waals surface area contributed by atoms with Crippen LogP contribution in [-0.4, -0.2) is 25.2 Å². The van der Waals surface area contributed by atoms with Crippen LogP contribution in [0.5, 0.6) is 0 Å². The molecule has 102 valence electrons. The van der Waals surface area contributed by atoms with Gasteiger partial charge in [0.2, 0.25) is 0 Å². The molecule has 2 bridgehead atoms. The lowest BCUT2D eigenvalue weighted by atomic mass is 9.80. The zero-order valence-electron chi connectivity index (χ0n) is 10.9. The fourth-order valence-corrected chi connectivity index (χ4v) is 2.91. The average molecular weight is 262 g/mol. The van der Waals surface area contributed by atoms with Crippen LogP contribution >= 0.6 is 0 Å². The number of esters is 2. The van der Waals surface area contributed by atoms with Crippen molar-refractivity contribution in [3.8, 4) is 0 Å². The molecule has 2 aliphatic carbocycles. The molecular formula is C15H18O4. The van der Waals surface area contributed by atoms with Crippen LogP contribution in [-0.2, 0) is 19.1 Å². The lowest BCUT2D eigenvalue weighted by Gasteiger charge is -2.26. The van der Waals surface area contributed by atoms with E-state index >= 15 is 0 Å². The van der Waals surface area contributed by atoms with Crippen LogP contribution in [0.15, 0.2) is 37.0 Å². The van der Waals surface area contributed by atoms with Gasteiger partial charge in [-0.25, -0.2) is 4.79 Å². The summed E-state index contributed by atoms with van der Waals surface area (Å²) in [6.07, 6.45) is 7.12. The molecule has 0 spiro atoms. The SMILES string of the molecule is C=CCOC(=O)C1=CC2CCC1(C(=O)OCC=C)C2. The maximum absolute atomic E-state index is 12.2. The molecule has 0 aromatic carbocycles. The van der Waals surface area contributed by atoms with E-state index in [0.29, 0.717) is 18.4 Å². The summed E-state index contributed by atoms with van der Waals surface area (Å²) < 4.78 is 10.2. The largest absolute Gasteiger partial charge is 0.461 e. The zero-order chi connectivity index (χ0) is 13.9. The van der Waals surface area contributed by atoms with Crippen molar-refractivity contribution < 1.29 is 19.1 Å². The van der Waals surface area contributed by atoms with Crippen LogP contribution in [0.1, 0.15) is 19.3 Å². The second kappa shape index (κ2) is 5.43.